The van der Waals surface area contributed by atoms with Crippen molar-refractivity contribution in [1.29, 1.82) is 0 Å². The van der Waals surface area contributed by atoms with Crippen LogP contribution in [0.25, 0.3) is 11.3 Å². The molecule has 0 radical (unpaired) electrons. The SMILES string of the molecule is Cn1nc(-c2ccccc2)cc1CC1(N)CC1. The Labute approximate surface area is 101 Å². The van der Waals surface area contributed by atoms with E-state index < -0.39 is 0 Å². The van der Waals surface area contributed by atoms with Crippen LogP contribution in [0, 0.1) is 0 Å². The Balaban J connectivity index is 1.90. The lowest BCUT2D eigenvalue weighted by Crippen LogP contribution is -2.25. The van der Waals surface area contributed by atoms with Crippen molar-refractivity contribution in [2.75, 3.05) is 0 Å². The fourth-order valence-corrected chi connectivity index (χ4v) is 2.12. The van der Waals surface area contributed by atoms with Gasteiger partial charge < -0.3 is 5.73 Å². The van der Waals surface area contributed by atoms with E-state index in [9.17, 15) is 0 Å². The van der Waals surface area contributed by atoms with Gasteiger partial charge in [-0.05, 0) is 18.9 Å². The molecule has 0 atom stereocenters. The molecule has 2 aromatic rings. The second-order valence-electron chi connectivity index (χ2n) is 5.05. The highest BCUT2D eigenvalue weighted by atomic mass is 15.3. The number of benzene rings is 1. The van der Waals surface area contributed by atoms with Crippen LogP contribution in [0.1, 0.15) is 18.5 Å². The van der Waals surface area contributed by atoms with Gasteiger partial charge in [0.25, 0.3) is 0 Å². The number of hydrogen-bond donors (Lipinski definition) is 1. The van der Waals surface area contributed by atoms with Gasteiger partial charge >= 0.3 is 0 Å². The van der Waals surface area contributed by atoms with E-state index >= 15 is 0 Å². The van der Waals surface area contributed by atoms with Crippen LogP contribution >= 0.6 is 0 Å². The van der Waals surface area contributed by atoms with E-state index in [2.05, 4.69) is 23.3 Å². The second-order valence-corrected chi connectivity index (χ2v) is 5.05. The van der Waals surface area contributed by atoms with E-state index in [0.29, 0.717) is 0 Å². The Kier molecular flexibility index (Phi) is 2.30. The summed E-state index contributed by atoms with van der Waals surface area (Å²) >= 11 is 0. The summed E-state index contributed by atoms with van der Waals surface area (Å²) in [6.07, 6.45) is 3.21. The molecule has 0 bridgehead atoms. The summed E-state index contributed by atoms with van der Waals surface area (Å²) in [4.78, 5) is 0. The first-order valence-corrected chi connectivity index (χ1v) is 6.04. The lowest BCUT2D eigenvalue weighted by molar-refractivity contribution is 0.613. The summed E-state index contributed by atoms with van der Waals surface area (Å²) in [7, 11) is 1.99. The largest absolute Gasteiger partial charge is 0.325 e. The first-order valence-electron chi connectivity index (χ1n) is 6.04. The predicted octanol–water partition coefficient (Wildman–Crippen LogP) is 2.12. The second kappa shape index (κ2) is 3.70. The monoisotopic (exact) mass is 227 g/mol. The van der Waals surface area contributed by atoms with Crippen LogP contribution in [-0.2, 0) is 13.5 Å². The molecular weight excluding hydrogens is 210 g/mol. The maximum atomic E-state index is 6.15. The number of aryl methyl sites for hydroxylation is 1. The smallest absolute Gasteiger partial charge is 0.0925 e. The Morgan fingerprint density at radius 1 is 1.29 bits per heavy atom. The van der Waals surface area contributed by atoms with E-state index in [1.54, 1.807) is 0 Å². The van der Waals surface area contributed by atoms with Crippen LogP contribution < -0.4 is 5.73 Å². The third-order valence-corrected chi connectivity index (χ3v) is 3.47. The van der Waals surface area contributed by atoms with Crippen LogP contribution in [0.5, 0.6) is 0 Å². The number of aromatic nitrogens is 2. The summed E-state index contributed by atoms with van der Waals surface area (Å²) in [6, 6.07) is 12.4. The molecular formula is C14H17N3. The summed E-state index contributed by atoms with van der Waals surface area (Å²) in [5, 5.41) is 4.55. The van der Waals surface area contributed by atoms with Crippen LogP contribution in [0.15, 0.2) is 36.4 Å². The Morgan fingerprint density at radius 3 is 2.65 bits per heavy atom. The van der Waals surface area contributed by atoms with Gasteiger partial charge in [0.1, 0.15) is 0 Å². The van der Waals surface area contributed by atoms with Crippen molar-refractivity contribution in [1.82, 2.24) is 9.78 Å². The van der Waals surface area contributed by atoms with Gasteiger partial charge in [0.2, 0.25) is 0 Å². The minimum atomic E-state index is 0.0434. The van der Waals surface area contributed by atoms with Crippen molar-refractivity contribution >= 4 is 0 Å². The third-order valence-electron chi connectivity index (χ3n) is 3.47. The van der Waals surface area contributed by atoms with Crippen molar-refractivity contribution in [3.05, 3.63) is 42.1 Å². The molecule has 1 aromatic carbocycles. The minimum absolute atomic E-state index is 0.0434. The molecule has 0 unspecified atom stereocenters. The number of rotatable bonds is 3. The van der Waals surface area contributed by atoms with Gasteiger partial charge in [0.15, 0.2) is 0 Å². The molecule has 3 heteroatoms. The highest BCUT2D eigenvalue weighted by Crippen LogP contribution is 2.36. The van der Waals surface area contributed by atoms with Crippen molar-refractivity contribution in [3.63, 3.8) is 0 Å². The van der Waals surface area contributed by atoms with E-state index in [4.69, 9.17) is 5.73 Å². The van der Waals surface area contributed by atoms with Gasteiger partial charge in [-0.2, -0.15) is 5.10 Å². The van der Waals surface area contributed by atoms with Gasteiger partial charge in [0.05, 0.1) is 5.69 Å². The Hall–Kier alpha value is -1.61. The molecule has 0 amide bonds. The van der Waals surface area contributed by atoms with Gasteiger partial charge in [-0.15, -0.1) is 0 Å². The third kappa shape index (κ3) is 2.11. The molecule has 1 aromatic heterocycles. The fraction of sp³-hybridized carbons (Fsp3) is 0.357. The van der Waals surface area contributed by atoms with Crippen LogP contribution in [0.4, 0.5) is 0 Å². The van der Waals surface area contributed by atoms with Gasteiger partial charge in [-0.25, -0.2) is 0 Å². The van der Waals surface area contributed by atoms with Crippen molar-refractivity contribution in [2.45, 2.75) is 24.8 Å². The number of nitrogens with zero attached hydrogens (tertiary/aromatic N) is 2. The molecule has 0 saturated heterocycles. The molecule has 17 heavy (non-hydrogen) atoms. The molecule has 1 aliphatic carbocycles. The van der Waals surface area contributed by atoms with Crippen molar-refractivity contribution < 1.29 is 0 Å². The van der Waals surface area contributed by atoms with Gasteiger partial charge in [0, 0.05) is 30.3 Å². The van der Waals surface area contributed by atoms with Crippen molar-refractivity contribution in [2.24, 2.45) is 12.8 Å². The summed E-state index contributed by atoms with van der Waals surface area (Å²) in [5.41, 5.74) is 9.62. The normalized spacial score (nSPS) is 17.1. The molecule has 1 aliphatic rings. The molecule has 2 N–H and O–H groups in total. The molecule has 88 valence electrons. The van der Waals surface area contributed by atoms with Gasteiger partial charge in [-0.3, -0.25) is 4.68 Å². The van der Waals surface area contributed by atoms with E-state index in [0.717, 1.165) is 30.5 Å². The average Bonchev–Trinajstić information content (AvgIpc) is 2.95. The standard InChI is InChI=1S/C14H17N3/c1-17-12(10-14(15)7-8-14)9-13(16-17)11-5-3-2-4-6-11/h2-6,9H,7-8,10,15H2,1H3. The predicted molar refractivity (Wildman–Crippen MR) is 68.5 cm³/mol. The van der Waals surface area contributed by atoms with Gasteiger partial charge in [-0.1, -0.05) is 30.3 Å². The highest BCUT2D eigenvalue weighted by molar-refractivity contribution is 5.59. The number of hydrogen-bond acceptors (Lipinski definition) is 2. The first kappa shape index (κ1) is 10.5. The van der Waals surface area contributed by atoms with Crippen LogP contribution in [0.3, 0.4) is 0 Å². The highest BCUT2D eigenvalue weighted by Gasteiger charge is 2.38. The molecule has 0 aliphatic heterocycles. The maximum absolute atomic E-state index is 6.15. The maximum Gasteiger partial charge on any atom is 0.0925 e. The van der Waals surface area contributed by atoms with E-state index in [-0.39, 0.29) is 5.54 Å². The summed E-state index contributed by atoms with van der Waals surface area (Å²) in [6.45, 7) is 0. The molecule has 3 nitrogen and oxygen atoms in total. The molecule has 3 rings (SSSR count). The van der Waals surface area contributed by atoms with Crippen LogP contribution in [0.2, 0.25) is 0 Å². The molecule has 1 saturated carbocycles. The fourth-order valence-electron chi connectivity index (χ4n) is 2.12. The first-order chi connectivity index (χ1) is 8.16. The zero-order chi connectivity index (χ0) is 11.9. The Morgan fingerprint density at radius 2 is 2.00 bits per heavy atom. The summed E-state index contributed by atoms with van der Waals surface area (Å²) < 4.78 is 1.95. The molecule has 1 heterocycles. The molecule has 0 spiro atoms. The lowest BCUT2D eigenvalue weighted by Gasteiger charge is -2.07. The Bertz CT molecular complexity index is 524. The topological polar surface area (TPSA) is 43.8 Å². The number of nitrogens with two attached hydrogens (primary N) is 1. The minimum Gasteiger partial charge on any atom is -0.325 e. The quantitative estimate of drug-likeness (QED) is 0.873. The zero-order valence-electron chi connectivity index (χ0n) is 10.1. The average molecular weight is 227 g/mol. The van der Waals surface area contributed by atoms with Crippen LogP contribution in [-0.4, -0.2) is 15.3 Å². The van der Waals surface area contributed by atoms with E-state index in [1.807, 2.05) is 29.9 Å². The molecule has 1 fully saturated rings. The summed E-state index contributed by atoms with van der Waals surface area (Å²) in [5.74, 6) is 0. The van der Waals surface area contributed by atoms with Crippen molar-refractivity contribution in [3.8, 4) is 11.3 Å². The lowest BCUT2D eigenvalue weighted by atomic mass is 10.1. The zero-order valence-corrected chi connectivity index (χ0v) is 10.1. The van der Waals surface area contributed by atoms with E-state index in [1.165, 1.54) is 5.69 Å².